The third kappa shape index (κ3) is 5.19. The van der Waals surface area contributed by atoms with Gasteiger partial charge in [-0.05, 0) is 36.6 Å². The summed E-state index contributed by atoms with van der Waals surface area (Å²) in [6.07, 6.45) is 2.72. The Bertz CT molecular complexity index is 668. The predicted octanol–water partition coefficient (Wildman–Crippen LogP) is 3.82. The SMILES string of the molecule is CCCCc1ccccc1C(=O)OOOOC(=O)c1ccccc1. The van der Waals surface area contributed by atoms with Crippen molar-refractivity contribution in [1.29, 1.82) is 0 Å². The summed E-state index contributed by atoms with van der Waals surface area (Å²) in [6.45, 7) is 2.07. The van der Waals surface area contributed by atoms with E-state index >= 15 is 0 Å². The molecule has 0 saturated heterocycles. The summed E-state index contributed by atoms with van der Waals surface area (Å²) in [5, 5.41) is 8.38. The Morgan fingerprint density at radius 3 is 2.17 bits per heavy atom. The van der Waals surface area contributed by atoms with Gasteiger partial charge >= 0.3 is 11.9 Å². The van der Waals surface area contributed by atoms with Gasteiger partial charge in [0.15, 0.2) is 0 Å². The normalized spacial score (nSPS) is 10.2. The second-order valence-electron chi connectivity index (χ2n) is 5.00. The van der Waals surface area contributed by atoms with E-state index < -0.39 is 11.9 Å². The lowest BCUT2D eigenvalue weighted by molar-refractivity contribution is -0.595. The van der Waals surface area contributed by atoms with Crippen LogP contribution in [0.15, 0.2) is 54.6 Å². The topological polar surface area (TPSA) is 71.1 Å². The van der Waals surface area contributed by atoms with Crippen molar-refractivity contribution in [1.82, 2.24) is 0 Å². The molecule has 2 aromatic carbocycles. The van der Waals surface area contributed by atoms with Crippen molar-refractivity contribution in [2.24, 2.45) is 0 Å². The van der Waals surface area contributed by atoms with Gasteiger partial charge in [-0.1, -0.05) is 49.7 Å². The molecular weight excluding hydrogens is 312 g/mol. The number of carbonyl (C=O) groups excluding carboxylic acids is 2. The summed E-state index contributed by atoms with van der Waals surface area (Å²) in [5.74, 6) is -1.49. The molecule has 0 heterocycles. The molecule has 6 heteroatoms. The molecule has 0 aromatic heterocycles. The maximum Gasteiger partial charge on any atom is 0.376 e. The van der Waals surface area contributed by atoms with Crippen LogP contribution in [0.25, 0.3) is 0 Å². The summed E-state index contributed by atoms with van der Waals surface area (Å²) in [5.41, 5.74) is 1.51. The molecule has 0 bridgehead atoms. The first-order valence-electron chi connectivity index (χ1n) is 7.62. The molecule has 0 amide bonds. The number of hydrogen-bond donors (Lipinski definition) is 0. The Hall–Kier alpha value is -2.70. The van der Waals surface area contributed by atoms with E-state index in [1.807, 2.05) is 12.1 Å². The zero-order valence-electron chi connectivity index (χ0n) is 13.3. The van der Waals surface area contributed by atoms with Crippen LogP contribution in [0.3, 0.4) is 0 Å². The fourth-order valence-corrected chi connectivity index (χ4v) is 2.06. The van der Waals surface area contributed by atoms with Crippen LogP contribution in [0.4, 0.5) is 0 Å². The molecular formula is C18H18O6. The van der Waals surface area contributed by atoms with Crippen LogP contribution in [-0.2, 0) is 26.3 Å². The lowest BCUT2D eigenvalue weighted by Gasteiger charge is -2.07. The molecule has 0 aliphatic carbocycles. The Morgan fingerprint density at radius 2 is 1.46 bits per heavy atom. The van der Waals surface area contributed by atoms with E-state index in [2.05, 4.69) is 26.8 Å². The number of benzene rings is 2. The van der Waals surface area contributed by atoms with Crippen LogP contribution in [0, 0.1) is 0 Å². The highest BCUT2D eigenvalue weighted by Gasteiger charge is 2.15. The molecule has 126 valence electrons. The van der Waals surface area contributed by atoms with Gasteiger partial charge in [-0.3, -0.25) is 9.78 Å². The smallest absolute Gasteiger partial charge is 0.260 e. The first-order valence-corrected chi connectivity index (χ1v) is 7.62. The van der Waals surface area contributed by atoms with Crippen LogP contribution >= 0.6 is 0 Å². The van der Waals surface area contributed by atoms with Gasteiger partial charge in [-0.25, -0.2) is 9.59 Å². The summed E-state index contributed by atoms with van der Waals surface area (Å²) < 4.78 is 0. The van der Waals surface area contributed by atoms with Crippen molar-refractivity contribution in [2.75, 3.05) is 0 Å². The maximum absolute atomic E-state index is 12.0. The number of carbonyl (C=O) groups is 2. The minimum Gasteiger partial charge on any atom is -0.260 e. The molecule has 0 radical (unpaired) electrons. The standard InChI is InChI=1S/C18H18O6/c1-2-3-9-14-10-7-8-13-16(14)18(20)22-24-23-21-17(19)15-11-5-4-6-12-15/h4-8,10-13H,2-3,9H2,1H3. The zero-order valence-corrected chi connectivity index (χ0v) is 13.3. The number of rotatable bonds is 8. The number of unbranched alkanes of at least 4 members (excludes halogenated alkanes) is 1. The van der Waals surface area contributed by atoms with Gasteiger partial charge in [0.2, 0.25) is 0 Å². The van der Waals surface area contributed by atoms with E-state index in [1.165, 1.54) is 0 Å². The molecule has 0 aliphatic heterocycles. The van der Waals surface area contributed by atoms with Crippen LogP contribution in [0.5, 0.6) is 0 Å². The van der Waals surface area contributed by atoms with Crippen molar-refractivity contribution in [2.45, 2.75) is 26.2 Å². The van der Waals surface area contributed by atoms with Crippen molar-refractivity contribution in [3.05, 3.63) is 71.3 Å². The van der Waals surface area contributed by atoms with Crippen LogP contribution in [-0.4, -0.2) is 11.9 Å². The largest absolute Gasteiger partial charge is 0.376 e. The molecule has 0 atom stereocenters. The average molecular weight is 330 g/mol. The van der Waals surface area contributed by atoms with Gasteiger partial charge in [-0.2, -0.15) is 0 Å². The van der Waals surface area contributed by atoms with Crippen LogP contribution in [0.1, 0.15) is 46.0 Å². The van der Waals surface area contributed by atoms with E-state index in [0.717, 1.165) is 24.8 Å². The second-order valence-corrected chi connectivity index (χ2v) is 5.00. The Labute approximate surface area is 139 Å². The van der Waals surface area contributed by atoms with Crippen LogP contribution in [0.2, 0.25) is 0 Å². The Morgan fingerprint density at radius 1 is 0.833 bits per heavy atom. The van der Waals surface area contributed by atoms with E-state index in [4.69, 9.17) is 0 Å². The Balaban J connectivity index is 1.80. The fraction of sp³-hybridized carbons (Fsp3) is 0.222. The molecule has 0 N–H and O–H groups in total. The predicted molar refractivity (Wildman–Crippen MR) is 84.5 cm³/mol. The van der Waals surface area contributed by atoms with Crippen molar-refractivity contribution in [3.63, 3.8) is 0 Å². The van der Waals surface area contributed by atoms with Gasteiger partial charge in [-0.15, -0.1) is 0 Å². The number of hydrogen-bond acceptors (Lipinski definition) is 6. The average Bonchev–Trinajstić information content (AvgIpc) is 2.64. The maximum atomic E-state index is 12.0. The molecule has 0 saturated carbocycles. The Kier molecular flexibility index (Phi) is 6.94. The van der Waals surface area contributed by atoms with E-state index in [0.29, 0.717) is 5.56 Å². The molecule has 2 aromatic rings. The fourth-order valence-electron chi connectivity index (χ4n) is 2.06. The molecule has 0 spiro atoms. The van der Waals surface area contributed by atoms with Gasteiger partial charge in [0, 0.05) is 10.1 Å². The monoisotopic (exact) mass is 330 g/mol. The van der Waals surface area contributed by atoms with E-state index in [-0.39, 0.29) is 5.56 Å². The van der Waals surface area contributed by atoms with Gasteiger partial charge in [0.1, 0.15) is 0 Å². The summed E-state index contributed by atoms with van der Waals surface area (Å²) >= 11 is 0. The van der Waals surface area contributed by atoms with E-state index in [1.54, 1.807) is 42.5 Å². The van der Waals surface area contributed by atoms with Crippen molar-refractivity contribution in [3.8, 4) is 0 Å². The highest BCUT2D eigenvalue weighted by molar-refractivity contribution is 5.90. The van der Waals surface area contributed by atoms with Gasteiger partial charge < -0.3 is 0 Å². The lowest BCUT2D eigenvalue weighted by atomic mass is 10.0. The highest BCUT2D eigenvalue weighted by atomic mass is 17.7. The third-order valence-electron chi connectivity index (χ3n) is 3.29. The quantitative estimate of drug-likeness (QED) is 0.416. The molecule has 24 heavy (non-hydrogen) atoms. The summed E-state index contributed by atoms with van der Waals surface area (Å²) in [7, 11) is 0. The number of aryl methyl sites for hydroxylation is 1. The first kappa shape index (κ1) is 17.7. The van der Waals surface area contributed by atoms with Crippen molar-refractivity contribution >= 4 is 11.9 Å². The first-order chi connectivity index (χ1) is 11.7. The van der Waals surface area contributed by atoms with Gasteiger partial charge in [0.25, 0.3) is 0 Å². The van der Waals surface area contributed by atoms with Crippen molar-refractivity contribution < 1.29 is 29.4 Å². The lowest BCUT2D eigenvalue weighted by Crippen LogP contribution is -2.12. The third-order valence-corrected chi connectivity index (χ3v) is 3.29. The molecule has 6 nitrogen and oxygen atoms in total. The minimum atomic E-state index is -0.769. The molecule has 0 aliphatic rings. The van der Waals surface area contributed by atoms with Gasteiger partial charge in [0.05, 0.1) is 11.1 Å². The zero-order chi connectivity index (χ0) is 17.2. The summed E-state index contributed by atoms with van der Waals surface area (Å²) in [4.78, 5) is 32.4. The molecule has 0 unspecified atom stereocenters. The second kappa shape index (κ2) is 9.44. The molecule has 0 fully saturated rings. The van der Waals surface area contributed by atoms with E-state index in [9.17, 15) is 9.59 Å². The highest BCUT2D eigenvalue weighted by Crippen LogP contribution is 2.13. The summed E-state index contributed by atoms with van der Waals surface area (Å²) in [6, 6.07) is 15.2. The molecule has 2 rings (SSSR count). The van der Waals surface area contributed by atoms with Crippen LogP contribution < -0.4 is 0 Å². The minimum absolute atomic E-state index is 0.275.